The summed E-state index contributed by atoms with van der Waals surface area (Å²) in [5.41, 5.74) is 1.14. The predicted molar refractivity (Wildman–Crippen MR) is 68.4 cm³/mol. The minimum atomic E-state index is -1.00. The lowest BCUT2D eigenvalue weighted by Crippen LogP contribution is -2.43. The minimum Gasteiger partial charge on any atom is -0.480 e. The third-order valence-corrected chi connectivity index (χ3v) is 2.53. The second-order valence-corrected chi connectivity index (χ2v) is 3.88. The number of nitrogens with zero attached hydrogens (tertiary/aromatic N) is 1. The van der Waals surface area contributed by atoms with Crippen LogP contribution >= 0.6 is 0 Å². The molecule has 0 bridgehead atoms. The Labute approximate surface area is 106 Å². The Morgan fingerprint density at radius 3 is 2.50 bits per heavy atom. The van der Waals surface area contributed by atoms with Crippen molar-refractivity contribution in [2.45, 2.75) is 13.3 Å². The number of nitrogens with one attached hydrogen (secondary N) is 1. The summed E-state index contributed by atoms with van der Waals surface area (Å²) in [5, 5.41) is 11.4. The first kappa shape index (κ1) is 14.0. The van der Waals surface area contributed by atoms with Crippen molar-refractivity contribution in [3.8, 4) is 0 Å². The van der Waals surface area contributed by atoms with E-state index in [0.29, 0.717) is 13.1 Å². The first-order valence-corrected chi connectivity index (χ1v) is 5.92. The molecular formula is C13H18N2O3. The number of carbonyl (C=O) groups excluding carboxylic acids is 1. The molecule has 0 spiro atoms. The van der Waals surface area contributed by atoms with Crippen molar-refractivity contribution >= 4 is 12.0 Å². The van der Waals surface area contributed by atoms with E-state index in [2.05, 4.69) is 5.32 Å². The lowest BCUT2D eigenvalue weighted by atomic mass is 10.1. The Morgan fingerprint density at radius 1 is 1.28 bits per heavy atom. The normalized spacial score (nSPS) is 9.83. The van der Waals surface area contributed by atoms with Crippen molar-refractivity contribution in [2.75, 3.05) is 19.6 Å². The van der Waals surface area contributed by atoms with Gasteiger partial charge in [0, 0.05) is 13.1 Å². The van der Waals surface area contributed by atoms with Crippen LogP contribution in [0.1, 0.15) is 12.5 Å². The van der Waals surface area contributed by atoms with E-state index < -0.39 is 5.97 Å². The van der Waals surface area contributed by atoms with Crippen LogP contribution in [-0.4, -0.2) is 41.6 Å². The summed E-state index contributed by atoms with van der Waals surface area (Å²) in [7, 11) is 0. The maximum Gasteiger partial charge on any atom is 0.323 e. The average Bonchev–Trinajstić information content (AvgIpc) is 2.36. The van der Waals surface area contributed by atoms with Gasteiger partial charge in [-0.15, -0.1) is 0 Å². The van der Waals surface area contributed by atoms with Crippen LogP contribution in [0.25, 0.3) is 0 Å². The minimum absolute atomic E-state index is 0.270. The van der Waals surface area contributed by atoms with Crippen molar-refractivity contribution < 1.29 is 14.7 Å². The van der Waals surface area contributed by atoms with Gasteiger partial charge in [0.2, 0.25) is 0 Å². The fraction of sp³-hybridized carbons (Fsp3) is 0.385. The standard InChI is InChI=1S/C13H18N2O3/c1-2-15(10-12(16)17)13(18)14-9-8-11-6-4-3-5-7-11/h3-7H,2,8-10H2,1H3,(H,14,18)(H,16,17). The van der Waals surface area contributed by atoms with Crippen molar-refractivity contribution in [1.29, 1.82) is 0 Å². The van der Waals surface area contributed by atoms with Gasteiger partial charge in [-0.25, -0.2) is 4.79 Å². The molecule has 1 rings (SSSR count). The average molecular weight is 250 g/mol. The fourth-order valence-corrected chi connectivity index (χ4v) is 1.56. The summed E-state index contributed by atoms with van der Waals surface area (Å²) >= 11 is 0. The number of hydrogen-bond donors (Lipinski definition) is 2. The van der Waals surface area contributed by atoms with Crippen molar-refractivity contribution in [2.24, 2.45) is 0 Å². The summed E-state index contributed by atoms with van der Waals surface area (Å²) in [6, 6.07) is 9.46. The zero-order valence-electron chi connectivity index (χ0n) is 10.4. The lowest BCUT2D eigenvalue weighted by molar-refractivity contribution is -0.137. The van der Waals surface area contributed by atoms with Crippen LogP contribution in [0.3, 0.4) is 0 Å². The summed E-state index contributed by atoms with van der Waals surface area (Å²) in [4.78, 5) is 23.5. The molecule has 0 unspecified atom stereocenters. The maximum atomic E-state index is 11.7. The molecule has 0 atom stereocenters. The third-order valence-electron chi connectivity index (χ3n) is 2.53. The number of rotatable bonds is 6. The van der Waals surface area contributed by atoms with Gasteiger partial charge in [-0.1, -0.05) is 30.3 Å². The molecule has 0 aliphatic carbocycles. The monoisotopic (exact) mass is 250 g/mol. The zero-order chi connectivity index (χ0) is 13.4. The van der Waals surface area contributed by atoms with E-state index in [0.717, 1.165) is 12.0 Å². The van der Waals surface area contributed by atoms with Crippen LogP contribution in [0.2, 0.25) is 0 Å². The summed E-state index contributed by atoms with van der Waals surface area (Å²) < 4.78 is 0. The molecule has 0 saturated carbocycles. The van der Waals surface area contributed by atoms with E-state index in [4.69, 9.17) is 5.11 Å². The maximum absolute atomic E-state index is 11.7. The van der Waals surface area contributed by atoms with Gasteiger partial charge < -0.3 is 15.3 Å². The first-order valence-electron chi connectivity index (χ1n) is 5.92. The molecule has 18 heavy (non-hydrogen) atoms. The molecule has 1 aromatic carbocycles. The summed E-state index contributed by atoms with van der Waals surface area (Å²) in [6.45, 7) is 2.36. The summed E-state index contributed by atoms with van der Waals surface area (Å²) in [5.74, 6) is -1.00. The highest BCUT2D eigenvalue weighted by Crippen LogP contribution is 1.98. The van der Waals surface area contributed by atoms with E-state index >= 15 is 0 Å². The molecule has 98 valence electrons. The van der Waals surface area contributed by atoms with Gasteiger partial charge in [0.1, 0.15) is 6.54 Å². The molecule has 0 radical (unpaired) electrons. The second kappa shape index (κ2) is 7.32. The van der Waals surface area contributed by atoms with Crippen LogP contribution in [-0.2, 0) is 11.2 Å². The number of hydrogen-bond acceptors (Lipinski definition) is 2. The highest BCUT2D eigenvalue weighted by atomic mass is 16.4. The van der Waals surface area contributed by atoms with Crippen molar-refractivity contribution in [1.82, 2.24) is 10.2 Å². The molecule has 1 aromatic rings. The molecule has 0 aromatic heterocycles. The van der Waals surface area contributed by atoms with E-state index in [1.165, 1.54) is 4.90 Å². The second-order valence-electron chi connectivity index (χ2n) is 3.88. The van der Waals surface area contributed by atoms with Gasteiger partial charge in [0.15, 0.2) is 0 Å². The number of aliphatic carboxylic acids is 1. The topological polar surface area (TPSA) is 69.6 Å². The first-order chi connectivity index (χ1) is 8.63. The molecule has 0 saturated heterocycles. The molecule has 0 fully saturated rings. The number of benzene rings is 1. The number of amides is 2. The molecule has 0 aliphatic rings. The van der Waals surface area contributed by atoms with Crippen LogP contribution < -0.4 is 5.32 Å². The SMILES string of the molecule is CCN(CC(=O)O)C(=O)NCCc1ccccc1. The van der Waals surface area contributed by atoms with Gasteiger partial charge in [-0.3, -0.25) is 4.79 Å². The number of likely N-dealkylation sites (N-methyl/N-ethyl adjacent to an activating group) is 1. The third kappa shape index (κ3) is 4.86. The van der Waals surface area contributed by atoms with E-state index in [1.54, 1.807) is 6.92 Å². The van der Waals surface area contributed by atoms with Crippen LogP contribution in [0, 0.1) is 0 Å². The molecule has 0 aliphatic heterocycles. The Morgan fingerprint density at radius 2 is 1.94 bits per heavy atom. The quantitative estimate of drug-likeness (QED) is 0.800. The predicted octanol–water partition coefficient (Wildman–Crippen LogP) is 1.35. The van der Waals surface area contributed by atoms with Gasteiger partial charge in [-0.2, -0.15) is 0 Å². The van der Waals surface area contributed by atoms with Gasteiger partial charge in [-0.05, 0) is 18.9 Å². The molecular weight excluding hydrogens is 232 g/mol. The Kier molecular flexibility index (Phi) is 5.70. The van der Waals surface area contributed by atoms with Gasteiger partial charge in [0.25, 0.3) is 0 Å². The molecule has 5 nitrogen and oxygen atoms in total. The zero-order valence-corrected chi connectivity index (χ0v) is 10.4. The number of urea groups is 1. The highest BCUT2D eigenvalue weighted by molar-refractivity contribution is 5.80. The largest absolute Gasteiger partial charge is 0.480 e. The highest BCUT2D eigenvalue weighted by Gasteiger charge is 2.13. The molecule has 5 heteroatoms. The van der Waals surface area contributed by atoms with Crippen LogP contribution in [0.4, 0.5) is 4.79 Å². The fourth-order valence-electron chi connectivity index (χ4n) is 1.56. The van der Waals surface area contributed by atoms with Gasteiger partial charge in [0.05, 0.1) is 0 Å². The summed E-state index contributed by atoms with van der Waals surface area (Å²) in [6.07, 6.45) is 0.733. The Bertz CT molecular complexity index is 392. The van der Waals surface area contributed by atoms with E-state index in [-0.39, 0.29) is 12.6 Å². The van der Waals surface area contributed by atoms with Crippen molar-refractivity contribution in [3.05, 3.63) is 35.9 Å². The number of carboxylic acids is 1. The Balaban J connectivity index is 2.34. The van der Waals surface area contributed by atoms with Gasteiger partial charge >= 0.3 is 12.0 Å². The van der Waals surface area contributed by atoms with Crippen LogP contribution in [0.5, 0.6) is 0 Å². The van der Waals surface area contributed by atoms with E-state index in [9.17, 15) is 9.59 Å². The van der Waals surface area contributed by atoms with E-state index in [1.807, 2.05) is 30.3 Å². The van der Waals surface area contributed by atoms with Crippen LogP contribution in [0.15, 0.2) is 30.3 Å². The molecule has 2 amide bonds. The Hall–Kier alpha value is -2.04. The van der Waals surface area contributed by atoms with Crippen molar-refractivity contribution in [3.63, 3.8) is 0 Å². The number of carbonyl (C=O) groups is 2. The smallest absolute Gasteiger partial charge is 0.323 e. The molecule has 0 heterocycles. The number of carboxylic acid groups (broad SMARTS) is 1. The lowest BCUT2D eigenvalue weighted by Gasteiger charge is -2.19. The molecule has 2 N–H and O–H groups in total.